The standard InChI is InChI=1S/C14H26N2S/c1-5-12(4)9-17-13-6-7-14(8-13,10-15)16-11(2)3/h11-13,16H,5-9H2,1-4H3. The van der Waals surface area contributed by atoms with Crippen LogP contribution in [0.1, 0.15) is 53.4 Å². The van der Waals surface area contributed by atoms with Crippen LogP contribution in [0.25, 0.3) is 0 Å². The lowest BCUT2D eigenvalue weighted by atomic mass is 9.99. The Morgan fingerprint density at radius 1 is 1.47 bits per heavy atom. The summed E-state index contributed by atoms with van der Waals surface area (Å²) >= 11 is 2.07. The van der Waals surface area contributed by atoms with Gasteiger partial charge in [0.2, 0.25) is 0 Å². The van der Waals surface area contributed by atoms with E-state index in [1.807, 2.05) is 0 Å². The molecule has 0 aliphatic heterocycles. The third kappa shape index (κ3) is 4.52. The molecule has 0 heterocycles. The van der Waals surface area contributed by atoms with Crippen molar-refractivity contribution in [2.75, 3.05) is 5.75 Å². The van der Waals surface area contributed by atoms with Crippen molar-refractivity contribution in [2.45, 2.75) is 70.2 Å². The molecule has 3 heteroatoms. The van der Waals surface area contributed by atoms with Crippen molar-refractivity contribution in [3.63, 3.8) is 0 Å². The quantitative estimate of drug-likeness (QED) is 0.787. The third-order valence-corrected chi connectivity index (χ3v) is 5.20. The van der Waals surface area contributed by atoms with E-state index >= 15 is 0 Å². The molecule has 2 nitrogen and oxygen atoms in total. The van der Waals surface area contributed by atoms with Crippen LogP contribution in [0, 0.1) is 17.2 Å². The molecule has 0 aromatic rings. The van der Waals surface area contributed by atoms with Crippen LogP contribution in [0.3, 0.4) is 0 Å². The molecule has 0 saturated heterocycles. The van der Waals surface area contributed by atoms with Gasteiger partial charge in [-0.2, -0.15) is 17.0 Å². The predicted octanol–water partition coefficient (Wildman–Crippen LogP) is 3.58. The van der Waals surface area contributed by atoms with E-state index < -0.39 is 0 Å². The number of rotatable bonds is 6. The molecule has 3 atom stereocenters. The van der Waals surface area contributed by atoms with Crippen molar-refractivity contribution in [1.29, 1.82) is 5.26 Å². The lowest BCUT2D eigenvalue weighted by Gasteiger charge is -2.25. The minimum atomic E-state index is -0.249. The Hall–Kier alpha value is -0.200. The Morgan fingerprint density at radius 3 is 2.71 bits per heavy atom. The molecule has 1 aliphatic rings. The topological polar surface area (TPSA) is 35.8 Å². The van der Waals surface area contributed by atoms with Gasteiger partial charge in [0.05, 0.1) is 6.07 Å². The average Bonchev–Trinajstić information content (AvgIpc) is 2.69. The molecule has 1 saturated carbocycles. The first-order chi connectivity index (χ1) is 8.01. The van der Waals surface area contributed by atoms with E-state index in [2.05, 4.69) is 50.8 Å². The third-order valence-electron chi connectivity index (χ3n) is 3.56. The summed E-state index contributed by atoms with van der Waals surface area (Å²) in [6, 6.07) is 2.91. The lowest BCUT2D eigenvalue weighted by molar-refractivity contribution is 0.386. The zero-order valence-electron chi connectivity index (χ0n) is 11.6. The van der Waals surface area contributed by atoms with Crippen LogP contribution in [0.5, 0.6) is 0 Å². The summed E-state index contributed by atoms with van der Waals surface area (Å²) < 4.78 is 0. The first kappa shape index (κ1) is 14.9. The van der Waals surface area contributed by atoms with E-state index in [-0.39, 0.29) is 5.54 Å². The summed E-state index contributed by atoms with van der Waals surface area (Å²) in [5.74, 6) is 2.04. The zero-order valence-corrected chi connectivity index (χ0v) is 12.4. The summed E-state index contributed by atoms with van der Waals surface area (Å²) in [5, 5.41) is 13.5. The van der Waals surface area contributed by atoms with Crippen LogP contribution >= 0.6 is 11.8 Å². The molecule has 17 heavy (non-hydrogen) atoms. The first-order valence-electron chi connectivity index (χ1n) is 6.82. The van der Waals surface area contributed by atoms with Gasteiger partial charge in [-0.25, -0.2) is 0 Å². The number of hydrogen-bond acceptors (Lipinski definition) is 3. The molecule has 0 aromatic heterocycles. The number of nitriles is 1. The highest BCUT2D eigenvalue weighted by molar-refractivity contribution is 7.99. The molecule has 1 fully saturated rings. The van der Waals surface area contributed by atoms with E-state index in [0.717, 1.165) is 18.8 Å². The molecule has 1 N–H and O–H groups in total. The van der Waals surface area contributed by atoms with Gasteiger partial charge in [0.25, 0.3) is 0 Å². The number of nitrogens with zero attached hydrogens (tertiary/aromatic N) is 1. The van der Waals surface area contributed by atoms with E-state index in [4.69, 9.17) is 0 Å². The Morgan fingerprint density at radius 2 is 2.18 bits per heavy atom. The lowest BCUT2D eigenvalue weighted by Crippen LogP contribution is -2.45. The van der Waals surface area contributed by atoms with Crippen molar-refractivity contribution in [3.05, 3.63) is 0 Å². The Bertz CT molecular complexity index is 272. The maximum Gasteiger partial charge on any atom is 0.108 e. The van der Waals surface area contributed by atoms with Gasteiger partial charge in [-0.3, -0.25) is 5.32 Å². The Kier molecular flexibility index (Phi) is 5.82. The molecule has 0 radical (unpaired) electrons. The van der Waals surface area contributed by atoms with Crippen molar-refractivity contribution in [2.24, 2.45) is 5.92 Å². The molecule has 0 bridgehead atoms. The van der Waals surface area contributed by atoms with Crippen molar-refractivity contribution in [3.8, 4) is 6.07 Å². The first-order valence-corrected chi connectivity index (χ1v) is 7.86. The zero-order chi connectivity index (χ0) is 12.9. The van der Waals surface area contributed by atoms with Gasteiger partial charge in [0, 0.05) is 11.3 Å². The predicted molar refractivity (Wildman–Crippen MR) is 76.2 cm³/mol. The minimum absolute atomic E-state index is 0.249. The molecular weight excluding hydrogens is 228 g/mol. The maximum absolute atomic E-state index is 9.39. The van der Waals surface area contributed by atoms with Crippen molar-refractivity contribution in [1.82, 2.24) is 5.32 Å². The normalized spacial score (nSPS) is 30.5. The van der Waals surface area contributed by atoms with Gasteiger partial charge in [-0.05, 0) is 44.8 Å². The SMILES string of the molecule is CCC(C)CSC1CCC(C#N)(NC(C)C)C1. The van der Waals surface area contributed by atoms with E-state index in [1.54, 1.807) is 0 Å². The largest absolute Gasteiger partial charge is 0.297 e. The Labute approximate surface area is 111 Å². The second-order valence-corrected chi connectivity index (χ2v) is 7.04. The number of nitrogens with one attached hydrogen (secondary N) is 1. The summed E-state index contributed by atoms with van der Waals surface area (Å²) in [5.41, 5.74) is -0.249. The van der Waals surface area contributed by atoms with Crippen molar-refractivity contribution >= 4 is 11.8 Å². The van der Waals surface area contributed by atoms with E-state index in [1.165, 1.54) is 18.6 Å². The van der Waals surface area contributed by atoms with Gasteiger partial charge >= 0.3 is 0 Å². The molecular formula is C14H26N2S. The highest BCUT2D eigenvalue weighted by Gasteiger charge is 2.39. The van der Waals surface area contributed by atoms with E-state index in [0.29, 0.717) is 11.3 Å². The number of thioether (sulfide) groups is 1. The number of hydrogen-bond donors (Lipinski definition) is 1. The highest BCUT2D eigenvalue weighted by Crippen LogP contribution is 2.37. The van der Waals surface area contributed by atoms with Crippen LogP contribution in [0.15, 0.2) is 0 Å². The van der Waals surface area contributed by atoms with Gasteiger partial charge < -0.3 is 0 Å². The van der Waals surface area contributed by atoms with Crippen LogP contribution < -0.4 is 5.32 Å². The molecule has 1 rings (SSSR count). The molecule has 0 aromatic carbocycles. The van der Waals surface area contributed by atoms with Gasteiger partial charge in [-0.15, -0.1) is 0 Å². The van der Waals surface area contributed by atoms with Gasteiger partial charge in [-0.1, -0.05) is 20.3 Å². The van der Waals surface area contributed by atoms with Gasteiger partial charge in [0.15, 0.2) is 0 Å². The minimum Gasteiger partial charge on any atom is -0.297 e. The van der Waals surface area contributed by atoms with Gasteiger partial charge in [0.1, 0.15) is 5.54 Å². The molecule has 1 aliphatic carbocycles. The summed E-state index contributed by atoms with van der Waals surface area (Å²) in [7, 11) is 0. The fourth-order valence-corrected chi connectivity index (χ4v) is 3.90. The highest BCUT2D eigenvalue weighted by atomic mass is 32.2. The summed E-state index contributed by atoms with van der Waals surface area (Å²) in [4.78, 5) is 0. The van der Waals surface area contributed by atoms with Crippen molar-refractivity contribution < 1.29 is 0 Å². The summed E-state index contributed by atoms with van der Waals surface area (Å²) in [6.07, 6.45) is 4.48. The summed E-state index contributed by atoms with van der Waals surface area (Å²) in [6.45, 7) is 8.81. The van der Waals surface area contributed by atoms with E-state index in [9.17, 15) is 5.26 Å². The second-order valence-electron chi connectivity index (χ2n) is 5.70. The van der Waals surface area contributed by atoms with Crippen LogP contribution in [0.4, 0.5) is 0 Å². The fraction of sp³-hybridized carbons (Fsp3) is 0.929. The molecule has 3 unspecified atom stereocenters. The van der Waals surface area contributed by atoms with Crippen LogP contribution in [-0.4, -0.2) is 22.6 Å². The fourth-order valence-electron chi connectivity index (χ4n) is 2.38. The second kappa shape index (κ2) is 6.66. The maximum atomic E-state index is 9.39. The monoisotopic (exact) mass is 254 g/mol. The van der Waals surface area contributed by atoms with Crippen LogP contribution in [-0.2, 0) is 0 Å². The Balaban J connectivity index is 2.42. The van der Waals surface area contributed by atoms with Crippen LogP contribution in [0.2, 0.25) is 0 Å². The average molecular weight is 254 g/mol. The smallest absolute Gasteiger partial charge is 0.108 e. The molecule has 0 amide bonds. The molecule has 98 valence electrons. The molecule has 0 spiro atoms.